The molecule has 108 valence electrons. The summed E-state index contributed by atoms with van der Waals surface area (Å²) in [6, 6.07) is 7.16. The zero-order chi connectivity index (χ0) is 14.0. The van der Waals surface area contributed by atoms with Crippen LogP contribution in [-0.4, -0.2) is 33.9 Å². The first-order valence-corrected chi connectivity index (χ1v) is 8.55. The van der Waals surface area contributed by atoms with Crippen molar-refractivity contribution >= 4 is 21.5 Å². The largest absolute Gasteiger partial charge is 0.371 e. The van der Waals surface area contributed by atoms with Crippen molar-refractivity contribution in [1.82, 2.24) is 4.72 Å². The Bertz CT molecular complexity index is 619. The van der Waals surface area contributed by atoms with Crippen LogP contribution in [0.15, 0.2) is 34.2 Å². The van der Waals surface area contributed by atoms with Crippen LogP contribution in [0.25, 0.3) is 0 Å². The summed E-state index contributed by atoms with van der Waals surface area (Å²) in [6.45, 7) is 2.72. The van der Waals surface area contributed by atoms with Crippen LogP contribution in [0.5, 0.6) is 0 Å². The van der Waals surface area contributed by atoms with Gasteiger partial charge in [-0.1, -0.05) is 6.07 Å². The Hall–Kier alpha value is -1.56. The highest BCUT2D eigenvalue weighted by atomic mass is 32.2. The third-order valence-electron chi connectivity index (χ3n) is 3.73. The number of aliphatic imine (C=N–C) groups is 1. The predicted octanol–water partition coefficient (Wildman–Crippen LogP) is 1.76. The Morgan fingerprint density at radius 1 is 1.15 bits per heavy atom. The highest BCUT2D eigenvalue weighted by Crippen LogP contribution is 2.23. The first-order valence-electron chi connectivity index (χ1n) is 7.06. The van der Waals surface area contributed by atoms with Crippen LogP contribution < -0.4 is 9.62 Å². The Balaban J connectivity index is 1.83. The number of nitrogens with one attached hydrogen (secondary N) is 1. The number of sulfonamides is 1. The third-order valence-corrected chi connectivity index (χ3v) is 5.10. The van der Waals surface area contributed by atoms with Gasteiger partial charge in [0.2, 0.25) is 0 Å². The fourth-order valence-corrected chi connectivity index (χ4v) is 3.79. The first-order chi connectivity index (χ1) is 9.65. The van der Waals surface area contributed by atoms with Gasteiger partial charge in [0.15, 0.2) is 0 Å². The van der Waals surface area contributed by atoms with Crippen molar-refractivity contribution in [2.24, 2.45) is 4.99 Å². The Morgan fingerprint density at radius 3 is 2.65 bits per heavy atom. The zero-order valence-corrected chi connectivity index (χ0v) is 12.2. The van der Waals surface area contributed by atoms with E-state index in [1.807, 2.05) is 6.07 Å². The number of rotatable bonds is 3. The average molecular weight is 293 g/mol. The van der Waals surface area contributed by atoms with Gasteiger partial charge in [-0.25, -0.2) is 8.42 Å². The molecule has 1 saturated heterocycles. The summed E-state index contributed by atoms with van der Waals surface area (Å²) in [5, 5.41) is 0. The number of hydrogen-bond acceptors (Lipinski definition) is 4. The minimum atomic E-state index is -3.50. The van der Waals surface area contributed by atoms with Gasteiger partial charge in [-0.3, -0.25) is 9.71 Å². The van der Waals surface area contributed by atoms with Crippen molar-refractivity contribution in [3.63, 3.8) is 0 Å². The molecular formula is C14H19N3O2S. The lowest BCUT2D eigenvalue weighted by atomic mass is 10.3. The second-order valence-electron chi connectivity index (χ2n) is 5.23. The summed E-state index contributed by atoms with van der Waals surface area (Å²) >= 11 is 0. The van der Waals surface area contributed by atoms with Crippen LogP contribution in [0.1, 0.15) is 25.7 Å². The van der Waals surface area contributed by atoms with E-state index in [0.29, 0.717) is 23.7 Å². The lowest BCUT2D eigenvalue weighted by Gasteiger charge is -2.18. The molecule has 0 unspecified atom stereocenters. The lowest BCUT2D eigenvalue weighted by Crippen LogP contribution is -2.29. The van der Waals surface area contributed by atoms with Crippen molar-refractivity contribution in [3.8, 4) is 0 Å². The summed E-state index contributed by atoms with van der Waals surface area (Å²) in [7, 11) is -3.50. The lowest BCUT2D eigenvalue weighted by molar-refractivity contribution is 0.592. The molecule has 6 heteroatoms. The molecule has 0 bridgehead atoms. The number of hydrogen-bond donors (Lipinski definition) is 1. The van der Waals surface area contributed by atoms with Crippen LogP contribution >= 0.6 is 0 Å². The summed E-state index contributed by atoms with van der Waals surface area (Å²) in [4.78, 5) is 6.71. The molecule has 20 heavy (non-hydrogen) atoms. The van der Waals surface area contributed by atoms with E-state index in [4.69, 9.17) is 0 Å². The standard InChI is InChI=1S/C14H19N3O2S/c18-20(19,16-14-7-4-8-15-14)13-6-3-5-12(11-13)17-9-1-2-10-17/h3,5-6,11H,1-2,4,7-10H2,(H,15,16). The maximum atomic E-state index is 12.3. The number of anilines is 1. The van der Waals surface area contributed by atoms with Gasteiger partial charge in [0.1, 0.15) is 5.84 Å². The van der Waals surface area contributed by atoms with Gasteiger partial charge >= 0.3 is 0 Å². The van der Waals surface area contributed by atoms with E-state index in [1.54, 1.807) is 18.2 Å². The van der Waals surface area contributed by atoms with E-state index in [0.717, 1.165) is 25.2 Å². The molecule has 2 heterocycles. The molecule has 1 aromatic rings. The molecular weight excluding hydrogens is 274 g/mol. The molecule has 0 atom stereocenters. The van der Waals surface area contributed by atoms with Gasteiger partial charge < -0.3 is 4.90 Å². The monoisotopic (exact) mass is 293 g/mol. The van der Waals surface area contributed by atoms with E-state index < -0.39 is 10.0 Å². The first kappa shape index (κ1) is 13.4. The molecule has 0 radical (unpaired) electrons. The fraction of sp³-hybridized carbons (Fsp3) is 0.500. The topological polar surface area (TPSA) is 61.8 Å². The summed E-state index contributed by atoms with van der Waals surface area (Å²) in [5.74, 6) is 0.580. The van der Waals surface area contributed by atoms with Crippen LogP contribution in [0.4, 0.5) is 5.69 Å². The van der Waals surface area contributed by atoms with Crippen molar-refractivity contribution < 1.29 is 8.42 Å². The second-order valence-corrected chi connectivity index (χ2v) is 6.91. The minimum absolute atomic E-state index is 0.316. The van der Waals surface area contributed by atoms with Gasteiger partial charge in [0.05, 0.1) is 4.90 Å². The SMILES string of the molecule is O=S(=O)(NC1=NCCC1)c1cccc(N2CCCC2)c1. The number of nitrogens with zero attached hydrogens (tertiary/aromatic N) is 2. The number of benzene rings is 1. The minimum Gasteiger partial charge on any atom is -0.371 e. The average Bonchev–Trinajstić information content (AvgIpc) is 3.11. The Labute approximate surface area is 119 Å². The molecule has 0 spiro atoms. The van der Waals surface area contributed by atoms with Crippen molar-refractivity contribution in [3.05, 3.63) is 24.3 Å². The maximum absolute atomic E-state index is 12.3. The van der Waals surface area contributed by atoms with Gasteiger partial charge in [-0.2, -0.15) is 0 Å². The molecule has 1 fully saturated rings. The van der Waals surface area contributed by atoms with E-state index >= 15 is 0 Å². The van der Waals surface area contributed by atoms with Crippen LogP contribution in [0.2, 0.25) is 0 Å². The molecule has 0 amide bonds. The van der Waals surface area contributed by atoms with Crippen molar-refractivity contribution in [1.29, 1.82) is 0 Å². The second kappa shape index (κ2) is 5.44. The van der Waals surface area contributed by atoms with E-state index in [9.17, 15) is 8.42 Å². The third kappa shape index (κ3) is 2.80. The molecule has 2 aliphatic heterocycles. The van der Waals surface area contributed by atoms with E-state index in [1.165, 1.54) is 12.8 Å². The fourth-order valence-electron chi connectivity index (χ4n) is 2.66. The Morgan fingerprint density at radius 2 is 1.95 bits per heavy atom. The molecule has 5 nitrogen and oxygen atoms in total. The van der Waals surface area contributed by atoms with Gasteiger partial charge in [0.25, 0.3) is 10.0 Å². The van der Waals surface area contributed by atoms with Gasteiger partial charge in [-0.15, -0.1) is 0 Å². The van der Waals surface area contributed by atoms with Crippen LogP contribution in [0, 0.1) is 0 Å². The molecule has 0 aromatic heterocycles. The quantitative estimate of drug-likeness (QED) is 0.923. The van der Waals surface area contributed by atoms with Gasteiger partial charge in [-0.05, 0) is 37.5 Å². The summed E-state index contributed by atoms with van der Waals surface area (Å²) < 4.78 is 27.3. The maximum Gasteiger partial charge on any atom is 0.262 e. The van der Waals surface area contributed by atoms with Crippen LogP contribution in [-0.2, 0) is 10.0 Å². The molecule has 0 aliphatic carbocycles. The summed E-state index contributed by atoms with van der Waals surface area (Å²) in [5.41, 5.74) is 0.985. The van der Waals surface area contributed by atoms with Gasteiger partial charge in [0, 0.05) is 31.7 Å². The zero-order valence-electron chi connectivity index (χ0n) is 11.4. The number of amidine groups is 1. The normalized spacial score (nSPS) is 19.2. The predicted molar refractivity (Wildman–Crippen MR) is 79.7 cm³/mol. The van der Waals surface area contributed by atoms with Crippen molar-refractivity contribution in [2.45, 2.75) is 30.6 Å². The molecule has 0 saturated carbocycles. The highest BCUT2D eigenvalue weighted by molar-refractivity contribution is 7.90. The summed E-state index contributed by atoms with van der Waals surface area (Å²) in [6.07, 6.45) is 3.98. The molecule has 2 aliphatic rings. The molecule has 3 rings (SSSR count). The van der Waals surface area contributed by atoms with E-state index in [-0.39, 0.29) is 0 Å². The van der Waals surface area contributed by atoms with Crippen molar-refractivity contribution in [2.75, 3.05) is 24.5 Å². The van der Waals surface area contributed by atoms with Crippen LogP contribution in [0.3, 0.4) is 0 Å². The highest BCUT2D eigenvalue weighted by Gasteiger charge is 2.20. The Kier molecular flexibility index (Phi) is 3.65. The molecule has 1 N–H and O–H groups in total. The van der Waals surface area contributed by atoms with E-state index in [2.05, 4.69) is 14.6 Å². The smallest absolute Gasteiger partial charge is 0.262 e. The molecule has 1 aromatic carbocycles.